The van der Waals surface area contributed by atoms with Gasteiger partial charge in [-0.2, -0.15) is 0 Å². The summed E-state index contributed by atoms with van der Waals surface area (Å²) in [5, 5.41) is 2.72. The van der Waals surface area contributed by atoms with Crippen LogP contribution < -0.4 is 14.8 Å². The normalized spacial score (nSPS) is 12.6. The molecule has 0 saturated carbocycles. The Kier molecular flexibility index (Phi) is 3.55. The first-order valence-corrected chi connectivity index (χ1v) is 6.35. The number of halogens is 1. The largest absolute Gasteiger partial charge is 0.454 e. The molecule has 3 rings (SSSR count). The Morgan fingerprint density at radius 1 is 1.10 bits per heavy atom. The van der Waals surface area contributed by atoms with Gasteiger partial charge in [0, 0.05) is 17.8 Å². The number of nitrogens with one attached hydrogen (secondary N) is 1. The molecule has 4 nitrogen and oxygen atoms in total. The van der Waals surface area contributed by atoms with Crippen LogP contribution in [-0.2, 0) is 4.79 Å². The van der Waals surface area contributed by atoms with Gasteiger partial charge < -0.3 is 14.8 Å². The minimum absolute atomic E-state index is 0.192. The molecule has 0 atom stereocenters. The second kappa shape index (κ2) is 5.66. The smallest absolute Gasteiger partial charge is 0.248 e. The maximum atomic E-state index is 12.8. The van der Waals surface area contributed by atoms with Crippen molar-refractivity contribution in [2.45, 2.75) is 0 Å². The van der Waals surface area contributed by atoms with Crippen LogP contribution in [-0.4, -0.2) is 12.7 Å². The van der Waals surface area contributed by atoms with Crippen LogP contribution >= 0.6 is 0 Å². The summed E-state index contributed by atoms with van der Waals surface area (Å²) in [7, 11) is 0. The van der Waals surface area contributed by atoms with Gasteiger partial charge in [-0.25, -0.2) is 4.39 Å². The van der Waals surface area contributed by atoms with Gasteiger partial charge in [-0.15, -0.1) is 0 Å². The van der Waals surface area contributed by atoms with Crippen molar-refractivity contribution in [2.24, 2.45) is 0 Å². The fourth-order valence-electron chi connectivity index (χ4n) is 1.90. The van der Waals surface area contributed by atoms with Gasteiger partial charge in [0.2, 0.25) is 12.7 Å². The molecule has 2 aromatic rings. The summed E-state index contributed by atoms with van der Waals surface area (Å²) >= 11 is 0. The summed E-state index contributed by atoms with van der Waals surface area (Å²) in [4.78, 5) is 11.8. The number of amides is 1. The van der Waals surface area contributed by atoms with Crippen LogP contribution in [0.2, 0.25) is 0 Å². The summed E-state index contributed by atoms with van der Waals surface area (Å²) in [5.74, 6) is 0.681. The number of carbonyl (C=O) groups is 1. The molecule has 2 aromatic carbocycles. The molecule has 21 heavy (non-hydrogen) atoms. The number of hydrogen-bond acceptors (Lipinski definition) is 3. The van der Waals surface area contributed by atoms with E-state index < -0.39 is 0 Å². The summed E-state index contributed by atoms with van der Waals surface area (Å²) in [6, 6.07) is 11.1. The molecule has 1 aliphatic rings. The Labute approximate surface area is 120 Å². The SMILES string of the molecule is O=C(/C=C/c1ccc(F)cc1)Nc1ccc2c(c1)OCO2. The molecule has 0 spiro atoms. The van der Waals surface area contributed by atoms with E-state index in [-0.39, 0.29) is 18.5 Å². The highest BCUT2D eigenvalue weighted by atomic mass is 19.1. The molecule has 1 N–H and O–H groups in total. The van der Waals surface area contributed by atoms with Gasteiger partial charge in [0.1, 0.15) is 5.82 Å². The Balaban J connectivity index is 1.65. The number of benzene rings is 2. The van der Waals surface area contributed by atoms with Crippen molar-refractivity contribution < 1.29 is 18.7 Å². The molecule has 5 heteroatoms. The lowest BCUT2D eigenvalue weighted by atomic mass is 10.2. The predicted octanol–water partition coefficient (Wildman–Crippen LogP) is 3.21. The van der Waals surface area contributed by atoms with Crippen LogP contribution in [0, 0.1) is 5.82 Å². The minimum Gasteiger partial charge on any atom is -0.454 e. The zero-order valence-corrected chi connectivity index (χ0v) is 11.0. The maximum absolute atomic E-state index is 12.8. The lowest BCUT2D eigenvalue weighted by Gasteiger charge is -2.03. The summed E-state index contributed by atoms with van der Waals surface area (Å²) < 4.78 is 23.2. The van der Waals surface area contributed by atoms with Gasteiger partial charge in [0.05, 0.1) is 0 Å². The maximum Gasteiger partial charge on any atom is 0.248 e. The van der Waals surface area contributed by atoms with Gasteiger partial charge >= 0.3 is 0 Å². The summed E-state index contributed by atoms with van der Waals surface area (Å²) in [5.41, 5.74) is 1.37. The van der Waals surface area contributed by atoms with Crippen LogP contribution in [0.5, 0.6) is 11.5 Å². The molecule has 106 valence electrons. The minimum atomic E-state index is -0.308. The second-order valence-corrected chi connectivity index (χ2v) is 4.44. The first-order valence-electron chi connectivity index (χ1n) is 6.35. The van der Waals surface area contributed by atoms with Crippen molar-refractivity contribution >= 4 is 17.7 Å². The zero-order valence-electron chi connectivity index (χ0n) is 11.0. The zero-order chi connectivity index (χ0) is 14.7. The number of hydrogen-bond donors (Lipinski definition) is 1. The number of ether oxygens (including phenoxy) is 2. The number of anilines is 1. The van der Waals surface area contributed by atoms with Gasteiger partial charge in [0.25, 0.3) is 0 Å². The quantitative estimate of drug-likeness (QED) is 0.881. The van der Waals surface area contributed by atoms with Crippen molar-refractivity contribution in [3.63, 3.8) is 0 Å². The molecule has 1 heterocycles. The Morgan fingerprint density at radius 2 is 1.86 bits per heavy atom. The standard InChI is InChI=1S/C16H12FNO3/c17-12-4-1-11(2-5-12)3-8-16(19)18-13-6-7-14-15(9-13)21-10-20-14/h1-9H,10H2,(H,18,19)/b8-3+. The molecule has 0 unspecified atom stereocenters. The molecule has 0 radical (unpaired) electrons. The van der Waals surface area contributed by atoms with Crippen LogP contribution in [0.1, 0.15) is 5.56 Å². The fourth-order valence-corrected chi connectivity index (χ4v) is 1.90. The fraction of sp³-hybridized carbons (Fsp3) is 0.0625. The van der Waals surface area contributed by atoms with E-state index in [1.807, 2.05) is 0 Å². The van der Waals surface area contributed by atoms with Gasteiger partial charge in [-0.3, -0.25) is 4.79 Å². The van der Waals surface area contributed by atoms with Gasteiger partial charge in [-0.1, -0.05) is 12.1 Å². The van der Waals surface area contributed by atoms with E-state index >= 15 is 0 Å². The number of fused-ring (bicyclic) bond motifs is 1. The molecule has 1 aliphatic heterocycles. The average molecular weight is 285 g/mol. The highest BCUT2D eigenvalue weighted by Gasteiger charge is 2.13. The first-order chi connectivity index (χ1) is 10.2. The lowest BCUT2D eigenvalue weighted by Crippen LogP contribution is -2.07. The Hall–Kier alpha value is -2.82. The lowest BCUT2D eigenvalue weighted by molar-refractivity contribution is -0.111. The highest BCUT2D eigenvalue weighted by molar-refractivity contribution is 6.02. The van der Waals surface area contributed by atoms with E-state index in [1.54, 1.807) is 36.4 Å². The Morgan fingerprint density at radius 3 is 2.67 bits per heavy atom. The van der Waals surface area contributed by atoms with Crippen molar-refractivity contribution in [3.8, 4) is 11.5 Å². The monoisotopic (exact) mass is 285 g/mol. The Bertz CT molecular complexity index is 695. The number of rotatable bonds is 3. The molecule has 0 aliphatic carbocycles. The van der Waals surface area contributed by atoms with Crippen molar-refractivity contribution in [3.05, 3.63) is 59.9 Å². The van der Waals surface area contributed by atoms with Crippen LogP contribution in [0.4, 0.5) is 10.1 Å². The highest BCUT2D eigenvalue weighted by Crippen LogP contribution is 2.34. The van der Waals surface area contributed by atoms with Crippen LogP contribution in [0.25, 0.3) is 6.08 Å². The molecule has 0 fully saturated rings. The first kappa shape index (κ1) is 13.2. The van der Waals surface area contributed by atoms with Crippen molar-refractivity contribution in [1.82, 2.24) is 0 Å². The van der Waals surface area contributed by atoms with Crippen LogP contribution in [0.15, 0.2) is 48.5 Å². The molecular weight excluding hydrogens is 273 g/mol. The third kappa shape index (κ3) is 3.20. The molecule has 0 aromatic heterocycles. The van der Waals surface area contributed by atoms with Crippen molar-refractivity contribution in [2.75, 3.05) is 12.1 Å². The number of carbonyl (C=O) groups excluding carboxylic acids is 1. The van der Waals surface area contributed by atoms with Gasteiger partial charge in [0.15, 0.2) is 11.5 Å². The predicted molar refractivity (Wildman–Crippen MR) is 76.6 cm³/mol. The average Bonchev–Trinajstić information content (AvgIpc) is 2.94. The van der Waals surface area contributed by atoms with Crippen LogP contribution in [0.3, 0.4) is 0 Å². The van der Waals surface area contributed by atoms with E-state index in [0.717, 1.165) is 5.56 Å². The summed E-state index contributed by atoms with van der Waals surface area (Å²) in [6.45, 7) is 0.192. The van der Waals surface area contributed by atoms with E-state index in [9.17, 15) is 9.18 Å². The third-order valence-electron chi connectivity index (χ3n) is 2.94. The second-order valence-electron chi connectivity index (χ2n) is 4.44. The van der Waals surface area contributed by atoms with E-state index in [0.29, 0.717) is 17.2 Å². The third-order valence-corrected chi connectivity index (χ3v) is 2.94. The van der Waals surface area contributed by atoms with E-state index in [4.69, 9.17) is 9.47 Å². The van der Waals surface area contributed by atoms with Gasteiger partial charge in [-0.05, 0) is 35.9 Å². The van der Waals surface area contributed by atoms with E-state index in [1.165, 1.54) is 18.2 Å². The summed E-state index contributed by atoms with van der Waals surface area (Å²) in [6.07, 6.45) is 3.00. The topological polar surface area (TPSA) is 47.6 Å². The molecule has 1 amide bonds. The molecular formula is C16H12FNO3. The van der Waals surface area contributed by atoms with E-state index in [2.05, 4.69) is 5.32 Å². The molecule has 0 saturated heterocycles. The van der Waals surface area contributed by atoms with Crippen molar-refractivity contribution in [1.29, 1.82) is 0 Å². The molecule has 0 bridgehead atoms.